The number of thiazole rings is 1. The summed E-state index contributed by atoms with van der Waals surface area (Å²) in [6, 6.07) is -0.0532. The molecule has 2 heterocycles. The monoisotopic (exact) mass is 346 g/mol. The van der Waals surface area contributed by atoms with Gasteiger partial charge in [-0.1, -0.05) is 6.42 Å². The number of nitrogens with zero attached hydrogens (tertiary/aromatic N) is 2. The highest BCUT2D eigenvalue weighted by Crippen LogP contribution is 2.42. The van der Waals surface area contributed by atoms with E-state index in [0.717, 1.165) is 24.3 Å². The second-order valence-corrected chi connectivity index (χ2v) is 7.44. The Labute approximate surface area is 137 Å². The fraction of sp³-hybridized carbons (Fsp3) is 0.750. The van der Waals surface area contributed by atoms with Crippen molar-refractivity contribution in [2.24, 2.45) is 11.8 Å². The molecule has 23 heavy (non-hydrogen) atoms. The van der Waals surface area contributed by atoms with E-state index in [9.17, 15) is 18.0 Å². The third-order valence-corrected chi connectivity index (χ3v) is 5.89. The summed E-state index contributed by atoms with van der Waals surface area (Å²) >= 11 is 1.52. The van der Waals surface area contributed by atoms with Gasteiger partial charge >= 0.3 is 6.18 Å². The van der Waals surface area contributed by atoms with Crippen LogP contribution in [0, 0.1) is 11.8 Å². The molecular formula is C16H21F3N2OS. The summed E-state index contributed by atoms with van der Waals surface area (Å²) < 4.78 is 39.0. The van der Waals surface area contributed by atoms with Gasteiger partial charge in [-0.15, -0.1) is 11.3 Å². The van der Waals surface area contributed by atoms with E-state index in [1.807, 2.05) is 5.38 Å². The van der Waals surface area contributed by atoms with E-state index in [4.69, 9.17) is 0 Å². The van der Waals surface area contributed by atoms with Crippen LogP contribution in [0.5, 0.6) is 0 Å². The Morgan fingerprint density at radius 1 is 1.22 bits per heavy atom. The van der Waals surface area contributed by atoms with E-state index in [0.29, 0.717) is 19.4 Å². The number of rotatable bonds is 2. The SMILES string of the molecule is O=C([C@@H]1CCC[C@H](C(F)(F)F)C1)N1CCCC[C@H]1c1nccs1. The fourth-order valence-electron chi connectivity index (χ4n) is 3.80. The molecule has 2 aliphatic rings. The number of piperidine rings is 1. The first-order chi connectivity index (χ1) is 11.0. The highest BCUT2D eigenvalue weighted by molar-refractivity contribution is 7.09. The molecule has 1 aromatic rings. The van der Waals surface area contributed by atoms with E-state index >= 15 is 0 Å². The molecule has 0 unspecified atom stereocenters. The molecule has 2 fully saturated rings. The quantitative estimate of drug-likeness (QED) is 0.786. The van der Waals surface area contributed by atoms with Crippen LogP contribution < -0.4 is 0 Å². The van der Waals surface area contributed by atoms with Gasteiger partial charge in [0, 0.05) is 24.0 Å². The number of hydrogen-bond donors (Lipinski definition) is 0. The van der Waals surface area contributed by atoms with Gasteiger partial charge in [0.2, 0.25) is 5.91 Å². The van der Waals surface area contributed by atoms with Crippen LogP contribution in [-0.4, -0.2) is 28.5 Å². The average molecular weight is 346 g/mol. The Balaban J connectivity index is 1.72. The number of carbonyl (C=O) groups excluding carboxylic acids is 1. The zero-order valence-electron chi connectivity index (χ0n) is 12.9. The molecule has 0 radical (unpaired) electrons. The first-order valence-electron chi connectivity index (χ1n) is 8.23. The molecule has 3 rings (SSSR count). The number of hydrogen-bond acceptors (Lipinski definition) is 3. The van der Waals surface area contributed by atoms with Gasteiger partial charge < -0.3 is 4.90 Å². The normalized spacial score (nSPS) is 29.5. The molecule has 3 atom stereocenters. The lowest BCUT2D eigenvalue weighted by Gasteiger charge is -2.39. The highest BCUT2D eigenvalue weighted by Gasteiger charge is 2.45. The topological polar surface area (TPSA) is 33.2 Å². The number of alkyl halides is 3. The summed E-state index contributed by atoms with van der Waals surface area (Å²) in [5.74, 6) is -1.91. The molecule has 1 aromatic heterocycles. The average Bonchev–Trinajstić information content (AvgIpc) is 3.08. The van der Waals surface area contributed by atoms with E-state index in [-0.39, 0.29) is 24.8 Å². The predicted molar refractivity (Wildman–Crippen MR) is 81.9 cm³/mol. The lowest BCUT2D eigenvalue weighted by molar-refractivity contribution is -0.187. The fourth-order valence-corrected chi connectivity index (χ4v) is 4.58. The maximum Gasteiger partial charge on any atom is 0.391 e. The lowest BCUT2D eigenvalue weighted by Crippen LogP contribution is -2.44. The maximum atomic E-state index is 13.0. The van der Waals surface area contributed by atoms with Crippen LogP contribution in [0.3, 0.4) is 0 Å². The van der Waals surface area contributed by atoms with E-state index in [1.165, 1.54) is 11.3 Å². The molecular weight excluding hydrogens is 325 g/mol. The molecule has 7 heteroatoms. The first kappa shape index (κ1) is 16.7. The molecule has 0 N–H and O–H groups in total. The van der Waals surface area contributed by atoms with Gasteiger partial charge in [-0.25, -0.2) is 4.98 Å². The Morgan fingerprint density at radius 3 is 2.74 bits per heavy atom. The maximum absolute atomic E-state index is 13.0. The van der Waals surface area contributed by atoms with Crippen molar-refractivity contribution in [2.45, 2.75) is 57.2 Å². The Kier molecular flexibility index (Phi) is 4.94. The molecule has 1 saturated carbocycles. The largest absolute Gasteiger partial charge is 0.391 e. The van der Waals surface area contributed by atoms with Crippen LogP contribution >= 0.6 is 11.3 Å². The summed E-state index contributed by atoms with van der Waals surface area (Å²) in [5, 5.41) is 2.79. The van der Waals surface area contributed by atoms with Crippen LogP contribution in [0.2, 0.25) is 0 Å². The second kappa shape index (κ2) is 6.79. The van der Waals surface area contributed by atoms with Gasteiger partial charge in [-0.2, -0.15) is 13.2 Å². The number of carbonyl (C=O) groups is 1. The van der Waals surface area contributed by atoms with Crippen LogP contribution in [0.1, 0.15) is 56.0 Å². The highest BCUT2D eigenvalue weighted by atomic mass is 32.1. The molecule has 1 amide bonds. The van der Waals surface area contributed by atoms with Crippen LogP contribution in [0.25, 0.3) is 0 Å². The smallest absolute Gasteiger partial charge is 0.333 e. The second-order valence-electron chi connectivity index (χ2n) is 6.52. The summed E-state index contributed by atoms with van der Waals surface area (Å²) in [7, 11) is 0. The minimum Gasteiger partial charge on any atom is -0.333 e. The number of aromatic nitrogens is 1. The zero-order valence-corrected chi connectivity index (χ0v) is 13.7. The molecule has 1 saturated heterocycles. The molecule has 1 aliphatic carbocycles. The van der Waals surface area contributed by atoms with Crippen molar-refractivity contribution in [3.63, 3.8) is 0 Å². The Bertz CT molecular complexity index is 532. The van der Waals surface area contributed by atoms with Crippen LogP contribution in [0.15, 0.2) is 11.6 Å². The van der Waals surface area contributed by atoms with Gasteiger partial charge in [0.1, 0.15) is 5.01 Å². The summed E-state index contributed by atoms with van der Waals surface area (Å²) in [4.78, 5) is 19.0. The van der Waals surface area contributed by atoms with Crippen molar-refractivity contribution >= 4 is 17.2 Å². The van der Waals surface area contributed by atoms with Crippen molar-refractivity contribution in [1.82, 2.24) is 9.88 Å². The number of likely N-dealkylation sites (tertiary alicyclic amines) is 1. The van der Waals surface area contributed by atoms with E-state index < -0.39 is 18.0 Å². The Hall–Kier alpha value is -1.11. The lowest BCUT2D eigenvalue weighted by atomic mass is 9.80. The van der Waals surface area contributed by atoms with Crippen molar-refractivity contribution < 1.29 is 18.0 Å². The van der Waals surface area contributed by atoms with E-state index in [1.54, 1.807) is 11.1 Å². The van der Waals surface area contributed by atoms with Crippen molar-refractivity contribution in [3.05, 3.63) is 16.6 Å². The van der Waals surface area contributed by atoms with Crippen LogP contribution in [0.4, 0.5) is 13.2 Å². The molecule has 3 nitrogen and oxygen atoms in total. The van der Waals surface area contributed by atoms with Gasteiger partial charge in [0.15, 0.2) is 0 Å². The molecule has 0 bridgehead atoms. The molecule has 128 valence electrons. The first-order valence-corrected chi connectivity index (χ1v) is 9.11. The van der Waals surface area contributed by atoms with Gasteiger partial charge in [-0.3, -0.25) is 4.79 Å². The molecule has 0 aromatic carbocycles. The molecule has 0 spiro atoms. The summed E-state index contributed by atoms with van der Waals surface area (Å²) in [5.41, 5.74) is 0. The van der Waals surface area contributed by atoms with E-state index in [2.05, 4.69) is 4.98 Å². The zero-order chi connectivity index (χ0) is 16.4. The number of amides is 1. The summed E-state index contributed by atoms with van der Waals surface area (Å²) in [6.45, 7) is 0.635. The minimum atomic E-state index is -4.18. The predicted octanol–water partition coefficient (Wildman–Crippen LogP) is 4.57. The van der Waals surface area contributed by atoms with Crippen molar-refractivity contribution in [3.8, 4) is 0 Å². The van der Waals surface area contributed by atoms with Gasteiger partial charge in [-0.05, 0) is 38.5 Å². The van der Waals surface area contributed by atoms with Crippen molar-refractivity contribution in [1.29, 1.82) is 0 Å². The minimum absolute atomic E-state index is 0.0522. The standard InChI is InChI=1S/C16H21F3N2OS/c17-16(18,19)12-5-3-4-11(10-12)15(22)21-8-2-1-6-13(21)14-20-7-9-23-14/h7,9,11-13H,1-6,8,10H2/t11-,12+,13+/m1/s1. The molecule has 1 aliphatic heterocycles. The summed E-state index contributed by atoms with van der Waals surface area (Å²) in [6.07, 6.45) is 1.50. The third kappa shape index (κ3) is 3.70. The van der Waals surface area contributed by atoms with Crippen LogP contribution in [-0.2, 0) is 4.79 Å². The van der Waals surface area contributed by atoms with Gasteiger partial charge in [0.25, 0.3) is 0 Å². The van der Waals surface area contributed by atoms with Crippen molar-refractivity contribution in [2.75, 3.05) is 6.54 Å². The Morgan fingerprint density at radius 2 is 2.04 bits per heavy atom. The third-order valence-electron chi connectivity index (χ3n) is 5.01. The number of halogens is 3. The van der Waals surface area contributed by atoms with Gasteiger partial charge in [0.05, 0.1) is 12.0 Å².